The predicted molar refractivity (Wildman–Crippen MR) is 126 cm³/mol. The van der Waals surface area contributed by atoms with Crippen molar-refractivity contribution < 1.29 is 4.92 Å². The minimum atomic E-state index is -0.299. The topological polar surface area (TPSA) is 43.1 Å². The molecule has 0 unspecified atom stereocenters. The molecule has 0 aliphatic carbocycles. The van der Waals surface area contributed by atoms with Gasteiger partial charge in [0.25, 0.3) is 5.69 Å². The zero-order chi connectivity index (χ0) is 20.2. The summed E-state index contributed by atoms with van der Waals surface area (Å²) in [5.74, 6) is 0. The number of para-hydroxylation sites is 1. The first-order valence-corrected chi connectivity index (χ1v) is 10.5. The molecule has 3 nitrogen and oxygen atoms in total. The van der Waals surface area contributed by atoms with Crippen LogP contribution in [-0.4, -0.2) is 4.92 Å². The van der Waals surface area contributed by atoms with E-state index in [1.54, 1.807) is 23.5 Å². The van der Waals surface area contributed by atoms with Crippen LogP contribution in [0.3, 0.4) is 0 Å². The van der Waals surface area contributed by atoms with Gasteiger partial charge >= 0.3 is 0 Å². The predicted octanol–water partition coefficient (Wildman–Crippen LogP) is 7.94. The van der Waals surface area contributed by atoms with Gasteiger partial charge in [-0.05, 0) is 45.3 Å². The number of hydrogen-bond acceptors (Lipinski definition) is 3. The lowest BCUT2D eigenvalue weighted by Gasteiger charge is -2.10. The average Bonchev–Trinajstić information content (AvgIpc) is 3.18. The molecule has 0 spiro atoms. The van der Waals surface area contributed by atoms with Crippen LogP contribution in [0.2, 0.25) is 0 Å². The third kappa shape index (κ3) is 2.38. The van der Waals surface area contributed by atoms with E-state index in [0.29, 0.717) is 5.56 Å². The van der Waals surface area contributed by atoms with Crippen LogP contribution in [-0.2, 0) is 0 Å². The van der Waals surface area contributed by atoms with Crippen molar-refractivity contribution in [2.75, 3.05) is 0 Å². The molecule has 142 valence electrons. The van der Waals surface area contributed by atoms with E-state index in [9.17, 15) is 10.1 Å². The summed E-state index contributed by atoms with van der Waals surface area (Å²) >= 11 is 1.74. The Labute approximate surface area is 176 Å². The second-order valence-corrected chi connectivity index (χ2v) is 8.46. The van der Waals surface area contributed by atoms with Crippen molar-refractivity contribution in [3.8, 4) is 11.1 Å². The molecule has 0 amide bonds. The second-order valence-electron chi connectivity index (χ2n) is 7.38. The van der Waals surface area contributed by atoms with E-state index >= 15 is 0 Å². The molecule has 0 aliphatic rings. The maximum absolute atomic E-state index is 11.7. The summed E-state index contributed by atoms with van der Waals surface area (Å²) in [7, 11) is 0. The first-order chi connectivity index (χ1) is 14.7. The van der Waals surface area contributed by atoms with Crippen LogP contribution in [0.5, 0.6) is 0 Å². The van der Waals surface area contributed by atoms with Crippen LogP contribution in [0, 0.1) is 10.1 Å². The summed E-state index contributed by atoms with van der Waals surface area (Å²) in [6.07, 6.45) is 0. The summed E-state index contributed by atoms with van der Waals surface area (Å²) in [4.78, 5) is 11.4. The monoisotopic (exact) mass is 405 g/mol. The van der Waals surface area contributed by atoms with Gasteiger partial charge in [0.1, 0.15) is 0 Å². The molecule has 0 atom stereocenters. The molecule has 30 heavy (non-hydrogen) atoms. The Kier molecular flexibility index (Phi) is 3.64. The van der Waals surface area contributed by atoms with Gasteiger partial charge in [-0.25, -0.2) is 0 Å². The number of rotatable bonds is 2. The SMILES string of the molecule is O=[N+]([O-])c1ccccc1-c1cc2sc3ccc4ccccc4c3c2c2ccccc12. The summed E-state index contributed by atoms with van der Waals surface area (Å²) in [6.45, 7) is 0. The minimum Gasteiger partial charge on any atom is -0.258 e. The van der Waals surface area contributed by atoms with Crippen LogP contribution in [0.25, 0.3) is 52.8 Å². The molecule has 4 heteroatoms. The highest BCUT2D eigenvalue weighted by Crippen LogP contribution is 2.46. The standard InChI is InChI=1S/C26H15NO2S/c28-27(29)22-12-6-5-10-19(22)21-15-24-26(20-11-4-3-9-18(20)21)25-17-8-2-1-7-16(17)13-14-23(25)30-24/h1-15H. The van der Waals surface area contributed by atoms with E-state index in [-0.39, 0.29) is 10.6 Å². The lowest BCUT2D eigenvalue weighted by molar-refractivity contribution is -0.384. The highest BCUT2D eigenvalue weighted by Gasteiger charge is 2.20. The van der Waals surface area contributed by atoms with Crippen molar-refractivity contribution in [2.24, 2.45) is 0 Å². The summed E-state index contributed by atoms with van der Waals surface area (Å²) in [5.41, 5.74) is 1.69. The van der Waals surface area contributed by atoms with Crippen molar-refractivity contribution >= 4 is 58.7 Å². The fourth-order valence-electron chi connectivity index (χ4n) is 4.48. The van der Waals surface area contributed by atoms with Crippen molar-refractivity contribution in [3.63, 3.8) is 0 Å². The Balaban J connectivity index is 1.83. The van der Waals surface area contributed by atoms with E-state index in [0.717, 1.165) is 21.0 Å². The molecule has 6 rings (SSSR count). The Morgan fingerprint density at radius 3 is 2.13 bits per heavy atom. The maximum Gasteiger partial charge on any atom is 0.277 e. The van der Waals surface area contributed by atoms with Crippen LogP contribution in [0.15, 0.2) is 91.0 Å². The molecule has 5 aromatic carbocycles. The van der Waals surface area contributed by atoms with Gasteiger partial charge < -0.3 is 0 Å². The van der Waals surface area contributed by atoms with Crippen molar-refractivity contribution in [2.45, 2.75) is 0 Å². The van der Waals surface area contributed by atoms with Crippen LogP contribution >= 0.6 is 11.3 Å². The van der Waals surface area contributed by atoms with E-state index in [2.05, 4.69) is 54.6 Å². The number of nitro benzene ring substituents is 1. The van der Waals surface area contributed by atoms with Gasteiger partial charge in [-0.15, -0.1) is 11.3 Å². The van der Waals surface area contributed by atoms with E-state index in [1.165, 1.54) is 26.2 Å². The summed E-state index contributed by atoms with van der Waals surface area (Å²) < 4.78 is 2.38. The number of nitrogens with zero attached hydrogens (tertiary/aromatic N) is 1. The van der Waals surface area contributed by atoms with Gasteiger partial charge in [-0.2, -0.15) is 0 Å². The third-order valence-corrected chi connectivity index (χ3v) is 6.86. The van der Waals surface area contributed by atoms with Gasteiger partial charge in [0.05, 0.1) is 10.5 Å². The molecule has 0 aliphatic heterocycles. The van der Waals surface area contributed by atoms with Gasteiger partial charge in [0.2, 0.25) is 0 Å². The Morgan fingerprint density at radius 2 is 1.30 bits per heavy atom. The maximum atomic E-state index is 11.7. The van der Waals surface area contributed by atoms with Crippen molar-refractivity contribution in [3.05, 3.63) is 101 Å². The largest absolute Gasteiger partial charge is 0.277 e. The van der Waals surface area contributed by atoms with Gasteiger partial charge in [-0.3, -0.25) is 10.1 Å². The van der Waals surface area contributed by atoms with Crippen LogP contribution < -0.4 is 0 Å². The zero-order valence-electron chi connectivity index (χ0n) is 15.8. The van der Waals surface area contributed by atoms with Crippen LogP contribution in [0.4, 0.5) is 5.69 Å². The molecule has 0 fully saturated rings. The molecule has 6 aromatic rings. The highest BCUT2D eigenvalue weighted by atomic mass is 32.1. The van der Waals surface area contributed by atoms with Gasteiger partial charge in [0, 0.05) is 26.2 Å². The molecule has 0 bridgehead atoms. The van der Waals surface area contributed by atoms with Crippen molar-refractivity contribution in [1.29, 1.82) is 0 Å². The Hall–Kier alpha value is -3.76. The molecule has 0 saturated carbocycles. The summed E-state index contributed by atoms with van der Waals surface area (Å²) in [6, 6.07) is 30.2. The summed E-state index contributed by atoms with van der Waals surface area (Å²) in [5, 5.41) is 18.8. The Bertz CT molecular complexity index is 1630. The van der Waals surface area contributed by atoms with E-state index in [1.807, 2.05) is 24.3 Å². The second kappa shape index (κ2) is 6.37. The highest BCUT2D eigenvalue weighted by molar-refractivity contribution is 7.26. The van der Waals surface area contributed by atoms with E-state index < -0.39 is 0 Å². The Morgan fingerprint density at radius 1 is 0.633 bits per heavy atom. The molecule has 0 saturated heterocycles. The average molecular weight is 405 g/mol. The molecule has 0 radical (unpaired) electrons. The zero-order valence-corrected chi connectivity index (χ0v) is 16.6. The normalized spacial score (nSPS) is 11.6. The first kappa shape index (κ1) is 17.1. The molecular formula is C26H15NO2S. The quantitative estimate of drug-likeness (QED) is 0.217. The lowest BCUT2D eigenvalue weighted by Crippen LogP contribution is -1.92. The number of benzene rings is 5. The fraction of sp³-hybridized carbons (Fsp3) is 0. The van der Waals surface area contributed by atoms with E-state index in [4.69, 9.17) is 0 Å². The minimum absolute atomic E-state index is 0.133. The van der Waals surface area contributed by atoms with Gasteiger partial charge in [-0.1, -0.05) is 66.7 Å². The van der Waals surface area contributed by atoms with Crippen LogP contribution in [0.1, 0.15) is 0 Å². The number of hydrogen-bond donors (Lipinski definition) is 0. The number of thiophene rings is 1. The fourth-order valence-corrected chi connectivity index (χ4v) is 5.66. The molecular weight excluding hydrogens is 390 g/mol. The van der Waals surface area contributed by atoms with Gasteiger partial charge in [0.15, 0.2) is 0 Å². The lowest BCUT2D eigenvalue weighted by atomic mass is 9.93. The molecule has 0 N–H and O–H groups in total. The number of nitro groups is 1. The molecule has 1 heterocycles. The third-order valence-electron chi connectivity index (χ3n) is 5.76. The smallest absolute Gasteiger partial charge is 0.258 e. The first-order valence-electron chi connectivity index (χ1n) is 9.72. The van der Waals surface area contributed by atoms with Crippen molar-refractivity contribution in [1.82, 2.24) is 0 Å². The molecule has 1 aromatic heterocycles. The number of fused-ring (bicyclic) bond motifs is 7.